The van der Waals surface area contributed by atoms with Gasteiger partial charge in [-0.25, -0.2) is 17.8 Å². The molecule has 19 heavy (non-hydrogen) atoms. The summed E-state index contributed by atoms with van der Waals surface area (Å²) in [5.41, 5.74) is 0. The lowest BCUT2D eigenvalue weighted by Gasteiger charge is -2.07. The highest BCUT2D eigenvalue weighted by molar-refractivity contribution is 7.92. The first kappa shape index (κ1) is 14.0. The highest BCUT2D eigenvalue weighted by atomic mass is 35.5. The zero-order chi connectivity index (χ0) is 14.0. The lowest BCUT2D eigenvalue weighted by Crippen LogP contribution is -2.14. The molecule has 0 spiro atoms. The van der Waals surface area contributed by atoms with Crippen LogP contribution in [0.4, 0.5) is 10.2 Å². The van der Waals surface area contributed by atoms with Crippen molar-refractivity contribution >= 4 is 39.0 Å². The predicted octanol–water partition coefficient (Wildman–Crippen LogP) is 3.33. The summed E-state index contributed by atoms with van der Waals surface area (Å²) in [6.07, 6.45) is 0. The smallest absolute Gasteiger partial charge is 0.263 e. The number of nitrogens with zero attached hydrogens (tertiary/aromatic N) is 1. The van der Waals surface area contributed by atoms with Crippen molar-refractivity contribution in [3.05, 3.63) is 52.4 Å². The van der Waals surface area contributed by atoms with Crippen LogP contribution >= 0.6 is 23.2 Å². The molecule has 0 saturated heterocycles. The summed E-state index contributed by atoms with van der Waals surface area (Å²) in [5, 5.41) is -0.126. The molecule has 0 unspecified atom stereocenters. The van der Waals surface area contributed by atoms with Crippen LogP contribution in [-0.2, 0) is 10.0 Å². The molecule has 4 nitrogen and oxygen atoms in total. The van der Waals surface area contributed by atoms with Gasteiger partial charge in [0.25, 0.3) is 10.0 Å². The van der Waals surface area contributed by atoms with Crippen molar-refractivity contribution < 1.29 is 12.8 Å². The Morgan fingerprint density at radius 3 is 2.53 bits per heavy atom. The van der Waals surface area contributed by atoms with Crippen molar-refractivity contribution in [1.82, 2.24) is 4.98 Å². The molecule has 1 N–H and O–H groups in total. The number of halogens is 3. The van der Waals surface area contributed by atoms with Crippen molar-refractivity contribution in [1.29, 1.82) is 0 Å². The van der Waals surface area contributed by atoms with Gasteiger partial charge in [0.1, 0.15) is 16.8 Å². The first-order valence-corrected chi connectivity index (χ1v) is 7.23. The van der Waals surface area contributed by atoms with E-state index in [0.717, 1.165) is 18.2 Å². The van der Waals surface area contributed by atoms with Crippen LogP contribution in [0.2, 0.25) is 10.2 Å². The molecule has 0 aliphatic rings. The molecule has 0 bridgehead atoms. The lowest BCUT2D eigenvalue weighted by molar-refractivity contribution is 0.599. The monoisotopic (exact) mass is 320 g/mol. The van der Waals surface area contributed by atoms with Crippen LogP contribution in [0.5, 0.6) is 0 Å². The minimum absolute atomic E-state index is 0.0629. The van der Waals surface area contributed by atoms with Gasteiger partial charge in [-0.05, 0) is 30.3 Å². The predicted molar refractivity (Wildman–Crippen MR) is 71.5 cm³/mol. The third-order valence-electron chi connectivity index (χ3n) is 2.16. The number of pyridine rings is 1. The van der Waals surface area contributed by atoms with Crippen LogP contribution in [0.25, 0.3) is 0 Å². The molecule has 2 rings (SSSR count). The van der Waals surface area contributed by atoms with E-state index in [4.69, 9.17) is 23.2 Å². The normalized spacial score (nSPS) is 11.3. The van der Waals surface area contributed by atoms with Crippen LogP contribution in [0.1, 0.15) is 0 Å². The standard InChI is InChI=1S/C11H7Cl2FN2O2S/c12-8-6-7(4-5-9(8)14)19(17,18)16-11-3-1-2-10(13)15-11/h1-6H,(H,15,16). The fourth-order valence-electron chi connectivity index (χ4n) is 1.31. The molecule has 0 radical (unpaired) electrons. The van der Waals surface area contributed by atoms with Gasteiger partial charge in [-0.1, -0.05) is 29.3 Å². The van der Waals surface area contributed by atoms with Gasteiger partial charge in [-0.2, -0.15) is 0 Å². The summed E-state index contributed by atoms with van der Waals surface area (Å²) < 4.78 is 39.2. The van der Waals surface area contributed by atoms with Crippen molar-refractivity contribution in [2.75, 3.05) is 4.72 Å². The van der Waals surface area contributed by atoms with Gasteiger partial charge in [0.2, 0.25) is 0 Å². The number of hydrogen-bond donors (Lipinski definition) is 1. The fraction of sp³-hybridized carbons (Fsp3) is 0. The first-order valence-electron chi connectivity index (χ1n) is 4.99. The van der Waals surface area contributed by atoms with Gasteiger partial charge in [0.05, 0.1) is 9.92 Å². The molecule has 100 valence electrons. The molecule has 1 heterocycles. The van der Waals surface area contributed by atoms with E-state index >= 15 is 0 Å². The molecule has 2 aromatic rings. The number of benzene rings is 1. The van der Waals surface area contributed by atoms with Gasteiger partial charge in [0.15, 0.2) is 0 Å². The van der Waals surface area contributed by atoms with Crippen LogP contribution in [0, 0.1) is 5.82 Å². The number of anilines is 1. The molecule has 0 atom stereocenters. The van der Waals surface area contributed by atoms with Crippen LogP contribution in [-0.4, -0.2) is 13.4 Å². The van der Waals surface area contributed by atoms with Crippen LogP contribution in [0.15, 0.2) is 41.3 Å². The van der Waals surface area contributed by atoms with Crippen molar-refractivity contribution in [2.24, 2.45) is 0 Å². The second kappa shape index (κ2) is 5.32. The topological polar surface area (TPSA) is 59.1 Å². The van der Waals surface area contributed by atoms with E-state index in [0.29, 0.717) is 0 Å². The van der Waals surface area contributed by atoms with E-state index in [1.807, 2.05) is 0 Å². The summed E-state index contributed by atoms with van der Waals surface area (Å²) in [4.78, 5) is 3.63. The van der Waals surface area contributed by atoms with Gasteiger partial charge >= 0.3 is 0 Å². The Balaban J connectivity index is 2.35. The molecule has 0 amide bonds. The van der Waals surface area contributed by atoms with E-state index < -0.39 is 15.8 Å². The quantitative estimate of drug-likeness (QED) is 0.882. The second-order valence-corrected chi connectivity index (χ2v) is 6.00. The molecule has 0 saturated carbocycles. The molecule has 0 aliphatic heterocycles. The van der Waals surface area contributed by atoms with Crippen LogP contribution < -0.4 is 4.72 Å². The van der Waals surface area contributed by atoms with Crippen LogP contribution in [0.3, 0.4) is 0 Å². The largest absolute Gasteiger partial charge is 0.263 e. The van der Waals surface area contributed by atoms with E-state index in [1.54, 1.807) is 6.07 Å². The van der Waals surface area contributed by atoms with E-state index in [-0.39, 0.29) is 20.9 Å². The number of nitrogens with one attached hydrogen (secondary N) is 1. The number of sulfonamides is 1. The number of aromatic nitrogens is 1. The molecular formula is C11H7Cl2FN2O2S. The molecule has 8 heteroatoms. The van der Waals surface area contributed by atoms with Crippen molar-refractivity contribution in [3.63, 3.8) is 0 Å². The van der Waals surface area contributed by atoms with Gasteiger partial charge in [-0.15, -0.1) is 0 Å². The maximum absolute atomic E-state index is 13.0. The first-order chi connectivity index (χ1) is 8.88. The second-order valence-electron chi connectivity index (χ2n) is 3.53. The lowest BCUT2D eigenvalue weighted by atomic mass is 10.3. The Kier molecular flexibility index (Phi) is 3.93. The Labute approximate surface area is 119 Å². The zero-order valence-corrected chi connectivity index (χ0v) is 11.6. The summed E-state index contributed by atoms with van der Waals surface area (Å²) in [5.74, 6) is -0.630. The highest BCUT2D eigenvalue weighted by Crippen LogP contribution is 2.21. The molecule has 0 aliphatic carbocycles. The van der Waals surface area contributed by atoms with E-state index in [2.05, 4.69) is 9.71 Å². The Bertz CT molecular complexity index is 722. The maximum atomic E-state index is 13.0. The number of hydrogen-bond acceptors (Lipinski definition) is 3. The summed E-state index contributed by atoms with van der Waals surface area (Å²) >= 11 is 11.2. The maximum Gasteiger partial charge on any atom is 0.263 e. The van der Waals surface area contributed by atoms with E-state index in [1.165, 1.54) is 12.1 Å². The average Bonchev–Trinajstić information content (AvgIpc) is 2.32. The Hall–Kier alpha value is -1.37. The summed E-state index contributed by atoms with van der Waals surface area (Å²) in [7, 11) is -3.89. The van der Waals surface area contributed by atoms with Gasteiger partial charge in [-0.3, -0.25) is 4.72 Å². The Morgan fingerprint density at radius 1 is 1.16 bits per heavy atom. The highest BCUT2D eigenvalue weighted by Gasteiger charge is 2.16. The SMILES string of the molecule is O=S(=O)(Nc1cccc(Cl)n1)c1ccc(F)c(Cl)c1. The van der Waals surface area contributed by atoms with Gasteiger partial charge < -0.3 is 0 Å². The minimum Gasteiger partial charge on any atom is -0.263 e. The molecule has 0 fully saturated rings. The molecule has 1 aromatic carbocycles. The van der Waals surface area contributed by atoms with Crippen molar-refractivity contribution in [2.45, 2.75) is 4.90 Å². The summed E-state index contributed by atoms with van der Waals surface area (Å²) in [6, 6.07) is 7.59. The fourth-order valence-corrected chi connectivity index (χ4v) is 2.74. The average molecular weight is 321 g/mol. The third kappa shape index (κ3) is 3.34. The summed E-state index contributed by atoms with van der Waals surface area (Å²) in [6.45, 7) is 0. The third-order valence-corrected chi connectivity index (χ3v) is 4.01. The number of rotatable bonds is 3. The van der Waals surface area contributed by atoms with Gasteiger partial charge in [0, 0.05) is 0 Å². The van der Waals surface area contributed by atoms with Crippen molar-refractivity contribution in [3.8, 4) is 0 Å². The Morgan fingerprint density at radius 2 is 1.89 bits per heavy atom. The minimum atomic E-state index is -3.89. The van der Waals surface area contributed by atoms with E-state index in [9.17, 15) is 12.8 Å². The molecule has 1 aromatic heterocycles. The zero-order valence-electron chi connectivity index (χ0n) is 9.27. The molecular weight excluding hydrogens is 314 g/mol.